The van der Waals surface area contributed by atoms with Crippen molar-refractivity contribution in [2.75, 3.05) is 0 Å². The van der Waals surface area contributed by atoms with Gasteiger partial charge in [0, 0.05) is 17.7 Å². The molecule has 0 amide bonds. The minimum absolute atomic E-state index is 0.420. The lowest BCUT2D eigenvalue weighted by Crippen LogP contribution is -2.06. The number of hydrogen-bond acceptors (Lipinski definition) is 4. The molecule has 0 spiro atoms. The van der Waals surface area contributed by atoms with Gasteiger partial charge in [0.05, 0.1) is 24.6 Å². The first kappa shape index (κ1) is 15.8. The quantitative estimate of drug-likeness (QED) is 0.619. The predicted molar refractivity (Wildman–Crippen MR) is 91.0 cm³/mol. The van der Waals surface area contributed by atoms with Gasteiger partial charge in [-0.3, -0.25) is 9.97 Å². The van der Waals surface area contributed by atoms with E-state index in [1.807, 2.05) is 66.7 Å². The summed E-state index contributed by atoms with van der Waals surface area (Å²) in [5.41, 5.74) is 1.77. The zero-order valence-corrected chi connectivity index (χ0v) is 13.5. The summed E-state index contributed by atoms with van der Waals surface area (Å²) in [6.07, 6.45) is 3.52. The highest BCUT2D eigenvalue weighted by Gasteiger charge is 2.14. The van der Waals surface area contributed by atoms with Gasteiger partial charge in [-0.25, -0.2) is 0 Å². The molecule has 0 radical (unpaired) electrons. The number of rotatable bonds is 7. The van der Waals surface area contributed by atoms with Gasteiger partial charge in [-0.2, -0.15) is 0 Å². The lowest BCUT2D eigenvalue weighted by molar-refractivity contribution is 0.238. The Kier molecular flexibility index (Phi) is 5.81. The van der Waals surface area contributed by atoms with Gasteiger partial charge < -0.3 is 9.05 Å². The lowest BCUT2D eigenvalue weighted by atomic mass is 10.4. The van der Waals surface area contributed by atoms with Gasteiger partial charge in [0.2, 0.25) is 8.38 Å². The highest BCUT2D eigenvalue weighted by Crippen LogP contribution is 2.38. The fourth-order valence-electron chi connectivity index (χ4n) is 1.95. The molecule has 0 atom stereocenters. The third kappa shape index (κ3) is 4.93. The Bertz CT molecular complexity index is 652. The molecule has 4 nitrogen and oxygen atoms in total. The van der Waals surface area contributed by atoms with Crippen LogP contribution in [0.5, 0.6) is 0 Å². The van der Waals surface area contributed by atoms with E-state index in [9.17, 15) is 0 Å². The number of aromatic nitrogens is 2. The van der Waals surface area contributed by atoms with E-state index in [4.69, 9.17) is 9.05 Å². The molecule has 0 aliphatic carbocycles. The van der Waals surface area contributed by atoms with Crippen LogP contribution in [0.4, 0.5) is 0 Å². The van der Waals surface area contributed by atoms with Crippen LogP contribution in [0, 0.1) is 0 Å². The monoisotopic (exact) mass is 324 g/mol. The van der Waals surface area contributed by atoms with Crippen LogP contribution in [0.3, 0.4) is 0 Å². The average molecular weight is 324 g/mol. The molecule has 116 valence electrons. The van der Waals surface area contributed by atoms with Crippen molar-refractivity contribution >= 4 is 13.7 Å². The summed E-state index contributed by atoms with van der Waals surface area (Å²) in [5, 5.41) is 1.04. The minimum Gasteiger partial charge on any atom is -0.324 e. The summed E-state index contributed by atoms with van der Waals surface area (Å²) in [5.74, 6) is 0. The van der Waals surface area contributed by atoms with Gasteiger partial charge in [-0.05, 0) is 36.4 Å². The van der Waals surface area contributed by atoms with Crippen molar-refractivity contribution in [1.82, 2.24) is 9.97 Å². The molecule has 1 aromatic carbocycles. The van der Waals surface area contributed by atoms with Gasteiger partial charge in [0.1, 0.15) is 0 Å². The van der Waals surface area contributed by atoms with Crippen molar-refractivity contribution in [3.63, 3.8) is 0 Å². The number of hydrogen-bond donors (Lipinski definition) is 0. The second-order valence-corrected chi connectivity index (χ2v) is 6.33. The molecule has 0 unspecified atom stereocenters. The second kappa shape index (κ2) is 8.49. The standard InChI is InChI=1S/C18H17N2O2P/c1-2-10-18(11-3-1)23(21-14-16-8-4-6-12-19-16)22-15-17-9-5-7-13-20-17/h1-13H,14-15H2. The summed E-state index contributed by atoms with van der Waals surface area (Å²) in [6.45, 7) is 0.841. The van der Waals surface area contributed by atoms with E-state index in [2.05, 4.69) is 9.97 Å². The smallest absolute Gasteiger partial charge is 0.205 e. The van der Waals surface area contributed by atoms with Crippen LogP contribution in [-0.2, 0) is 22.3 Å². The lowest BCUT2D eigenvalue weighted by Gasteiger charge is -2.17. The first-order valence-electron chi connectivity index (χ1n) is 7.32. The third-order valence-electron chi connectivity index (χ3n) is 3.08. The Morgan fingerprint density at radius 2 is 1.17 bits per heavy atom. The van der Waals surface area contributed by atoms with Crippen LogP contribution >= 0.6 is 8.38 Å². The van der Waals surface area contributed by atoms with Crippen LogP contribution in [0.15, 0.2) is 79.1 Å². The van der Waals surface area contributed by atoms with Gasteiger partial charge in [-0.1, -0.05) is 30.3 Å². The molecule has 0 aliphatic rings. The first-order chi connectivity index (χ1) is 11.4. The Balaban J connectivity index is 1.66. The molecular formula is C18H17N2O2P. The van der Waals surface area contributed by atoms with E-state index in [1.165, 1.54) is 0 Å². The summed E-state index contributed by atoms with van der Waals surface area (Å²) in [6, 6.07) is 21.5. The highest BCUT2D eigenvalue weighted by molar-refractivity contribution is 7.55. The molecular weight excluding hydrogens is 307 g/mol. The first-order valence-corrected chi connectivity index (χ1v) is 8.50. The van der Waals surface area contributed by atoms with E-state index >= 15 is 0 Å². The molecule has 3 aromatic rings. The maximum Gasteiger partial charge on any atom is 0.205 e. The van der Waals surface area contributed by atoms with Gasteiger partial charge in [0.25, 0.3) is 0 Å². The van der Waals surface area contributed by atoms with Gasteiger partial charge >= 0.3 is 0 Å². The van der Waals surface area contributed by atoms with Crippen LogP contribution in [-0.4, -0.2) is 9.97 Å². The molecule has 0 saturated carbocycles. The molecule has 3 rings (SSSR count). The summed E-state index contributed by atoms with van der Waals surface area (Å²) in [4.78, 5) is 8.56. The van der Waals surface area contributed by atoms with E-state index < -0.39 is 8.38 Å². The van der Waals surface area contributed by atoms with E-state index in [1.54, 1.807) is 12.4 Å². The highest BCUT2D eigenvalue weighted by atomic mass is 31.2. The normalized spacial score (nSPS) is 10.8. The van der Waals surface area contributed by atoms with Crippen molar-refractivity contribution in [3.05, 3.63) is 90.5 Å². The van der Waals surface area contributed by atoms with Crippen LogP contribution < -0.4 is 5.30 Å². The molecule has 2 aromatic heterocycles. The van der Waals surface area contributed by atoms with Crippen LogP contribution in [0.1, 0.15) is 11.4 Å². The summed E-state index contributed by atoms with van der Waals surface area (Å²) in [7, 11) is -1.18. The Hall–Kier alpha value is -2.13. The predicted octanol–water partition coefficient (Wildman–Crippen LogP) is 3.85. The number of pyridine rings is 2. The third-order valence-corrected chi connectivity index (χ3v) is 4.53. The minimum atomic E-state index is -1.18. The molecule has 0 N–H and O–H groups in total. The SMILES string of the molecule is c1ccc(P(OCc2ccccn2)OCc2ccccn2)cc1. The molecule has 0 fully saturated rings. The molecule has 0 aliphatic heterocycles. The van der Waals surface area contributed by atoms with Crippen molar-refractivity contribution in [2.45, 2.75) is 13.2 Å². The van der Waals surface area contributed by atoms with Crippen molar-refractivity contribution < 1.29 is 9.05 Å². The zero-order valence-electron chi connectivity index (χ0n) is 12.6. The number of benzene rings is 1. The van der Waals surface area contributed by atoms with Crippen LogP contribution in [0.2, 0.25) is 0 Å². The summed E-state index contributed by atoms with van der Waals surface area (Å²) < 4.78 is 12.0. The maximum absolute atomic E-state index is 5.99. The van der Waals surface area contributed by atoms with E-state index in [0.717, 1.165) is 16.7 Å². The molecule has 5 heteroatoms. The fourth-order valence-corrected chi connectivity index (χ4v) is 3.24. The Morgan fingerprint density at radius 1 is 0.652 bits per heavy atom. The van der Waals surface area contributed by atoms with Gasteiger partial charge in [-0.15, -0.1) is 0 Å². The largest absolute Gasteiger partial charge is 0.324 e. The molecule has 23 heavy (non-hydrogen) atoms. The number of nitrogens with zero attached hydrogens (tertiary/aromatic N) is 2. The van der Waals surface area contributed by atoms with Crippen LogP contribution in [0.25, 0.3) is 0 Å². The van der Waals surface area contributed by atoms with E-state index in [-0.39, 0.29) is 0 Å². The Labute approximate surface area is 137 Å². The van der Waals surface area contributed by atoms with Crippen molar-refractivity contribution in [1.29, 1.82) is 0 Å². The molecule has 0 bridgehead atoms. The van der Waals surface area contributed by atoms with E-state index in [0.29, 0.717) is 13.2 Å². The maximum atomic E-state index is 5.99. The average Bonchev–Trinajstić information content (AvgIpc) is 2.64. The van der Waals surface area contributed by atoms with Crippen molar-refractivity contribution in [3.8, 4) is 0 Å². The Morgan fingerprint density at radius 3 is 1.65 bits per heavy atom. The van der Waals surface area contributed by atoms with Crippen molar-refractivity contribution in [2.24, 2.45) is 0 Å². The second-order valence-electron chi connectivity index (χ2n) is 4.78. The summed E-state index contributed by atoms with van der Waals surface area (Å²) >= 11 is 0. The fraction of sp³-hybridized carbons (Fsp3) is 0.111. The van der Waals surface area contributed by atoms with Gasteiger partial charge in [0.15, 0.2) is 0 Å². The topological polar surface area (TPSA) is 44.2 Å². The molecule has 2 heterocycles. The molecule has 0 saturated heterocycles. The zero-order chi connectivity index (χ0) is 15.7.